The number of carbonyl (C=O) groups is 2. The van der Waals surface area contributed by atoms with Crippen molar-refractivity contribution in [3.05, 3.63) is 15.6 Å². The predicted octanol–water partition coefficient (Wildman–Crippen LogP) is 0.300. The van der Waals surface area contributed by atoms with Crippen molar-refractivity contribution >= 4 is 23.2 Å². The topological polar surface area (TPSA) is 85.1 Å². The molecule has 0 spiro atoms. The lowest BCUT2D eigenvalue weighted by Crippen LogP contribution is -2.24. The standard InChI is InChI=1S/C8H11N3O2S/c1-3-10-7(13)5-4(2)14-8(11-5)6(9)12/h3H2,1-2H3,(H2,9,12)(H,10,13). The molecule has 2 amide bonds. The fraction of sp³-hybridized carbons (Fsp3) is 0.375. The number of hydrogen-bond acceptors (Lipinski definition) is 4. The molecule has 0 saturated heterocycles. The van der Waals surface area contributed by atoms with Crippen molar-refractivity contribution in [1.29, 1.82) is 0 Å². The second-order valence-corrected chi connectivity index (χ2v) is 3.85. The first-order valence-corrected chi connectivity index (χ1v) is 4.93. The van der Waals surface area contributed by atoms with Crippen molar-refractivity contribution in [2.45, 2.75) is 13.8 Å². The highest BCUT2D eigenvalue weighted by Gasteiger charge is 2.16. The molecule has 76 valence electrons. The number of amides is 2. The SMILES string of the molecule is CCNC(=O)c1nc(C(N)=O)sc1C. The van der Waals surface area contributed by atoms with E-state index in [0.717, 1.165) is 11.3 Å². The normalized spacial score (nSPS) is 9.86. The van der Waals surface area contributed by atoms with Crippen LogP contribution in [-0.4, -0.2) is 23.3 Å². The van der Waals surface area contributed by atoms with Gasteiger partial charge in [0.1, 0.15) is 5.69 Å². The van der Waals surface area contributed by atoms with E-state index >= 15 is 0 Å². The van der Waals surface area contributed by atoms with Gasteiger partial charge in [-0.15, -0.1) is 11.3 Å². The summed E-state index contributed by atoms with van der Waals surface area (Å²) in [6.45, 7) is 4.07. The highest BCUT2D eigenvalue weighted by molar-refractivity contribution is 7.13. The van der Waals surface area contributed by atoms with E-state index in [1.54, 1.807) is 6.92 Å². The van der Waals surface area contributed by atoms with Crippen LogP contribution in [0.3, 0.4) is 0 Å². The number of primary amides is 1. The zero-order valence-electron chi connectivity index (χ0n) is 7.96. The molecule has 3 N–H and O–H groups in total. The fourth-order valence-corrected chi connectivity index (χ4v) is 1.72. The van der Waals surface area contributed by atoms with Crippen molar-refractivity contribution in [2.24, 2.45) is 5.73 Å². The van der Waals surface area contributed by atoms with Crippen LogP contribution in [0.2, 0.25) is 0 Å². The Kier molecular flexibility index (Phi) is 3.19. The summed E-state index contributed by atoms with van der Waals surface area (Å²) in [6, 6.07) is 0. The van der Waals surface area contributed by atoms with Crippen LogP contribution in [0, 0.1) is 6.92 Å². The summed E-state index contributed by atoms with van der Waals surface area (Å²) in [6.07, 6.45) is 0. The summed E-state index contributed by atoms with van der Waals surface area (Å²) >= 11 is 1.13. The first-order valence-electron chi connectivity index (χ1n) is 4.11. The van der Waals surface area contributed by atoms with Crippen molar-refractivity contribution in [1.82, 2.24) is 10.3 Å². The average Bonchev–Trinajstić information content (AvgIpc) is 2.48. The van der Waals surface area contributed by atoms with Crippen LogP contribution in [0.25, 0.3) is 0 Å². The minimum Gasteiger partial charge on any atom is -0.364 e. The highest BCUT2D eigenvalue weighted by Crippen LogP contribution is 2.16. The number of carbonyl (C=O) groups excluding carboxylic acids is 2. The molecule has 0 fully saturated rings. The second-order valence-electron chi connectivity index (χ2n) is 2.65. The van der Waals surface area contributed by atoms with Crippen LogP contribution in [0.15, 0.2) is 0 Å². The fourth-order valence-electron chi connectivity index (χ4n) is 0.957. The monoisotopic (exact) mass is 213 g/mol. The quantitative estimate of drug-likeness (QED) is 0.757. The molecule has 0 unspecified atom stereocenters. The van der Waals surface area contributed by atoms with E-state index in [9.17, 15) is 9.59 Å². The number of rotatable bonds is 3. The van der Waals surface area contributed by atoms with Gasteiger partial charge < -0.3 is 11.1 Å². The van der Waals surface area contributed by atoms with E-state index in [1.807, 2.05) is 6.92 Å². The summed E-state index contributed by atoms with van der Waals surface area (Å²) in [7, 11) is 0. The van der Waals surface area contributed by atoms with Crippen LogP contribution < -0.4 is 11.1 Å². The Morgan fingerprint density at radius 1 is 1.57 bits per heavy atom. The third-order valence-corrected chi connectivity index (χ3v) is 2.55. The Balaban J connectivity index is 2.98. The van der Waals surface area contributed by atoms with Gasteiger partial charge in [0.25, 0.3) is 11.8 Å². The zero-order chi connectivity index (χ0) is 10.7. The molecule has 5 nitrogen and oxygen atoms in total. The summed E-state index contributed by atoms with van der Waals surface area (Å²) in [5.41, 5.74) is 5.33. The van der Waals surface area contributed by atoms with E-state index in [1.165, 1.54) is 0 Å². The predicted molar refractivity (Wildman–Crippen MR) is 53.4 cm³/mol. The number of aryl methyl sites for hydroxylation is 1. The van der Waals surface area contributed by atoms with Crippen LogP contribution in [0.1, 0.15) is 32.1 Å². The van der Waals surface area contributed by atoms with E-state index < -0.39 is 5.91 Å². The molecule has 14 heavy (non-hydrogen) atoms. The number of nitrogens with two attached hydrogens (primary N) is 1. The Bertz CT molecular complexity index is 373. The van der Waals surface area contributed by atoms with Gasteiger partial charge in [-0.25, -0.2) is 4.98 Å². The molecular weight excluding hydrogens is 202 g/mol. The first-order chi connectivity index (χ1) is 6.56. The minimum absolute atomic E-state index is 0.170. The van der Waals surface area contributed by atoms with Gasteiger partial charge >= 0.3 is 0 Å². The molecule has 1 aromatic rings. The smallest absolute Gasteiger partial charge is 0.277 e. The van der Waals surface area contributed by atoms with Gasteiger partial charge in [-0.1, -0.05) is 0 Å². The third kappa shape index (κ3) is 2.08. The Hall–Kier alpha value is -1.43. The highest BCUT2D eigenvalue weighted by atomic mass is 32.1. The van der Waals surface area contributed by atoms with Crippen LogP contribution in [-0.2, 0) is 0 Å². The van der Waals surface area contributed by atoms with E-state index in [-0.39, 0.29) is 16.6 Å². The molecule has 0 atom stereocenters. The summed E-state index contributed by atoms with van der Waals surface area (Å²) in [4.78, 5) is 26.7. The van der Waals surface area contributed by atoms with Crippen LogP contribution in [0.4, 0.5) is 0 Å². The van der Waals surface area contributed by atoms with Crippen LogP contribution >= 0.6 is 11.3 Å². The maximum Gasteiger partial charge on any atom is 0.277 e. The molecule has 6 heteroatoms. The van der Waals surface area contributed by atoms with Crippen molar-refractivity contribution in [3.8, 4) is 0 Å². The Morgan fingerprint density at radius 2 is 2.21 bits per heavy atom. The molecule has 0 aliphatic rings. The van der Waals surface area contributed by atoms with E-state index in [0.29, 0.717) is 11.4 Å². The molecule has 1 rings (SSSR count). The van der Waals surface area contributed by atoms with Gasteiger partial charge in [0.2, 0.25) is 0 Å². The zero-order valence-corrected chi connectivity index (χ0v) is 8.77. The molecule has 0 aliphatic carbocycles. The van der Waals surface area contributed by atoms with Gasteiger partial charge in [-0.2, -0.15) is 0 Å². The number of thiazole rings is 1. The van der Waals surface area contributed by atoms with E-state index in [2.05, 4.69) is 10.3 Å². The van der Waals surface area contributed by atoms with Gasteiger partial charge in [0.05, 0.1) is 0 Å². The lowest BCUT2D eigenvalue weighted by molar-refractivity contribution is 0.0951. The van der Waals surface area contributed by atoms with Gasteiger partial charge in [0, 0.05) is 11.4 Å². The summed E-state index contributed by atoms with van der Waals surface area (Å²) in [5.74, 6) is -0.873. The molecular formula is C8H11N3O2S. The number of nitrogens with zero attached hydrogens (tertiary/aromatic N) is 1. The second kappa shape index (κ2) is 4.19. The largest absolute Gasteiger partial charge is 0.364 e. The Labute approximate surface area is 85.3 Å². The molecule has 1 heterocycles. The average molecular weight is 213 g/mol. The molecule has 1 aromatic heterocycles. The third-order valence-electron chi connectivity index (χ3n) is 1.56. The van der Waals surface area contributed by atoms with Crippen molar-refractivity contribution < 1.29 is 9.59 Å². The molecule has 0 saturated carbocycles. The van der Waals surface area contributed by atoms with Gasteiger partial charge in [-0.05, 0) is 13.8 Å². The minimum atomic E-state index is -0.603. The molecule has 0 aliphatic heterocycles. The van der Waals surface area contributed by atoms with Gasteiger partial charge in [0.15, 0.2) is 5.01 Å². The maximum absolute atomic E-state index is 11.4. The molecule has 0 bridgehead atoms. The first kappa shape index (κ1) is 10.6. The summed E-state index contributed by atoms with van der Waals surface area (Å²) in [5, 5.41) is 2.78. The van der Waals surface area contributed by atoms with Gasteiger partial charge in [-0.3, -0.25) is 9.59 Å². The maximum atomic E-state index is 11.4. The Morgan fingerprint density at radius 3 is 2.64 bits per heavy atom. The lowest BCUT2D eigenvalue weighted by Gasteiger charge is -1.97. The van der Waals surface area contributed by atoms with Crippen molar-refractivity contribution in [3.63, 3.8) is 0 Å². The lowest BCUT2D eigenvalue weighted by atomic mass is 10.3. The van der Waals surface area contributed by atoms with Crippen molar-refractivity contribution in [2.75, 3.05) is 6.54 Å². The van der Waals surface area contributed by atoms with E-state index in [4.69, 9.17) is 5.73 Å². The number of aromatic nitrogens is 1. The summed E-state index contributed by atoms with van der Waals surface area (Å²) < 4.78 is 0. The number of nitrogens with one attached hydrogen (secondary N) is 1. The molecule has 0 aromatic carbocycles. The molecule has 0 radical (unpaired) electrons. The number of hydrogen-bond donors (Lipinski definition) is 2. The van der Waals surface area contributed by atoms with Crippen LogP contribution in [0.5, 0.6) is 0 Å².